The van der Waals surface area contributed by atoms with Crippen LogP contribution in [0.1, 0.15) is 78.0 Å². The average Bonchev–Trinajstić information content (AvgIpc) is 3.28. The maximum Gasteiger partial charge on any atom is 0.416 e. The zero-order valence-corrected chi connectivity index (χ0v) is 22.5. The second-order valence-electron chi connectivity index (χ2n) is 9.28. The standard InChI is InChI=1S/C29H32F3NO4S/c1-4-5-6-7-8-23-26(38-27(33-23)20-9-12-22(13-10-20)29(30,31)32)16-14-24(34)21-11-15-25(18(2)17-21)37-19(3)28(35)36/h9-13,15,17,19H,4-8,14,16H2,1-3H3,(H,35,36). The first-order valence-corrected chi connectivity index (χ1v) is 13.5. The van der Waals surface area contributed by atoms with E-state index in [4.69, 9.17) is 14.8 Å². The molecule has 1 aromatic heterocycles. The molecule has 0 saturated heterocycles. The third-order valence-electron chi connectivity index (χ3n) is 6.23. The van der Waals surface area contributed by atoms with Crippen molar-refractivity contribution in [2.75, 3.05) is 0 Å². The number of rotatable bonds is 13. The van der Waals surface area contributed by atoms with E-state index in [0.29, 0.717) is 33.9 Å². The predicted molar refractivity (Wildman–Crippen MR) is 142 cm³/mol. The smallest absolute Gasteiger partial charge is 0.416 e. The number of unbranched alkanes of at least 4 members (excludes halogenated alkanes) is 3. The van der Waals surface area contributed by atoms with Gasteiger partial charge in [-0.25, -0.2) is 9.78 Å². The minimum atomic E-state index is -4.39. The number of carboxylic acid groups (broad SMARTS) is 1. The number of ketones is 1. The van der Waals surface area contributed by atoms with Crippen molar-refractivity contribution in [1.29, 1.82) is 0 Å². The fourth-order valence-corrected chi connectivity index (χ4v) is 5.10. The predicted octanol–water partition coefficient (Wildman–Crippen LogP) is 7.93. The van der Waals surface area contributed by atoms with E-state index in [1.807, 2.05) is 0 Å². The zero-order valence-electron chi connectivity index (χ0n) is 21.7. The van der Waals surface area contributed by atoms with Crippen molar-refractivity contribution >= 4 is 23.1 Å². The molecule has 0 radical (unpaired) electrons. The summed E-state index contributed by atoms with van der Waals surface area (Å²) in [6, 6.07) is 9.94. The van der Waals surface area contributed by atoms with Gasteiger partial charge < -0.3 is 9.84 Å². The number of thiazole rings is 1. The first-order valence-electron chi connectivity index (χ1n) is 12.7. The van der Waals surface area contributed by atoms with Gasteiger partial charge in [0.1, 0.15) is 10.8 Å². The number of benzene rings is 2. The normalized spacial score (nSPS) is 12.4. The fourth-order valence-electron chi connectivity index (χ4n) is 3.99. The van der Waals surface area contributed by atoms with Crippen molar-refractivity contribution in [3.63, 3.8) is 0 Å². The Morgan fingerprint density at radius 3 is 2.37 bits per heavy atom. The van der Waals surface area contributed by atoms with Crippen LogP contribution >= 0.6 is 11.3 Å². The number of ether oxygens (including phenoxy) is 1. The Hall–Kier alpha value is -3.20. The Morgan fingerprint density at radius 2 is 1.76 bits per heavy atom. The number of hydrogen-bond acceptors (Lipinski definition) is 5. The summed E-state index contributed by atoms with van der Waals surface area (Å²) in [4.78, 5) is 29.7. The largest absolute Gasteiger partial charge is 0.479 e. The summed E-state index contributed by atoms with van der Waals surface area (Å²) in [5, 5.41) is 9.70. The Morgan fingerprint density at radius 1 is 1.05 bits per heavy atom. The molecule has 38 heavy (non-hydrogen) atoms. The summed E-state index contributed by atoms with van der Waals surface area (Å²) in [5.74, 6) is -0.725. The van der Waals surface area contributed by atoms with Crippen molar-refractivity contribution in [1.82, 2.24) is 4.98 Å². The third-order valence-corrected chi connectivity index (χ3v) is 7.44. The van der Waals surface area contributed by atoms with Crippen LogP contribution in [-0.2, 0) is 23.8 Å². The molecule has 0 amide bonds. The van der Waals surface area contributed by atoms with Crippen molar-refractivity contribution < 1.29 is 32.6 Å². The van der Waals surface area contributed by atoms with Gasteiger partial charge in [-0.1, -0.05) is 38.3 Å². The number of carbonyl (C=O) groups excluding carboxylic acids is 1. The summed E-state index contributed by atoms with van der Waals surface area (Å²) in [7, 11) is 0. The minimum Gasteiger partial charge on any atom is -0.479 e. The third kappa shape index (κ3) is 7.90. The van der Waals surface area contributed by atoms with Crippen LogP contribution in [0.5, 0.6) is 5.75 Å². The number of hydrogen-bond donors (Lipinski definition) is 1. The van der Waals surface area contributed by atoms with Gasteiger partial charge >= 0.3 is 12.1 Å². The molecule has 1 atom stereocenters. The Kier molecular flexibility index (Phi) is 10.1. The number of aryl methyl sites for hydroxylation is 3. The van der Waals surface area contributed by atoms with Crippen LogP contribution < -0.4 is 4.74 Å². The van der Waals surface area contributed by atoms with Gasteiger partial charge in [0.2, 0.25) is 0 Å². The van der Waals surface area contributed by atoms with Crippen LogP contribution in [0, 0.1) is 6.92 Å². The topological polar surface area (TPSA) is 76.5 Å². The highest BCUT2D eigenvalue weighted by molar-refractivity contribution is 7.15. The van der Waals surface area contributed by atoms with Crippen LogP contribution in [0.15, 0.2) is 42.5 Å². The second-order valence-corrected chi connectivity index (χ2v) is 10.4. The number of alkyl halides is 3. The number of halogens is 3. The molecule has 0 saturated carbocycles. The van der Waals surface area contributed by atoms with Crippen molar-refractivity contribution in [3.8, 4) is 16.3 Å². The number of carboxylic acids is 1. The maximum atomic E-state index is 13.0. The number of carbonyl (C=O) groups is 2. The van der Waals surface area contributed by atoms with E-state index in [1.165, 1.54) is 30.4 Å². The van der Waals surface area contributed by atoms with Gasteiger partial charge in [0.05, 0.1) is 11.3 Å². The molecule has 0 aliphatic carbocycles. The van der Waals surface area contributed by atoms with Crippen LogP contribution in [0.25, 0.3) is 10.6 Å². The molecule has 2 aromatic carbocycles. The summed E-state index contributed by atoms with van der Waals surface area (Å²) >= 11 is 1.42. The molecule has 0 fully saturated rings. The number of aliphatic carboxylic acids is 1. The molecule has 204 valence electrons. The van der Waals surface area contributed by atoms with Crippen LogP contribution in [0.2, 0.25) is 0 Å². The molecular formula is C29H32F3NO4S. The SMILES string of the molecule is CCCCCCc1nc(-c2ccc(C(F)(F)F)cc2)sc1CCC(=O)c1ccc(OC(C)C(=O)O)c(C)c1. The van der Waals surface area contributed by atoms with E-state index in [-0.39, 0.29) is 12.2 Å². The lowest BCUT2D eigenvalue weighted by Crippen LogP contribution is -2.23. The molecule has 3 rings (SSSR count). The van der Waals surface area contributed by atoms with E-state index in [2.05, 4.69) is 6.92 Å². The number of Topliss-reactive ketones (excluding diaryl/α,β-unsaturated/α-hetero) is 1. The summed E-state index contributed by atoms with van der Waals surface area (Å²) in [6.07, 6.45) is 0.340. The van der Waals surface area contributed by atoms with Crippen LogP contribution in [0.3, 0.4) is 0 Å². The first kappa shape index (κ1) is 29.4. The molecule has 5 nitrogen and oxygen atoms in total. The second kappa shape index (κ2) is 13.0. The van der Waals surface area contributed by atoms with Crippen LogP contribution in [-0.4, -0.2) is 27.9 Å². The van der Waals surface area contributed by atoms with Crippen LogP contribution in [0.4, 0.5) is 13.2 Å². The first-order chi connectivity index (χ1) is 18.0. The molecule has 1 N–H and O–H groups in total. The van der Waals surface area contributed by atoms with Gasteiger partial charge in [-0.05, 0) is 69.0 Å². The van der Waals surface area contributed by atoms with Gasteiger partial charge in [0, 0.05) is 22.4 Å². The highest BCUT2D eigenvalue weighted by Gasteiger charge is 2.30. The summed E-state index contributed by atoms with van der Waals surface area (Å²) in [5.41, 5.74) is 2.00. The maximum absolute atomic E-state index is 13.0. The Balaban J connectivity index is 1.75. The molecule has 0 bridgehead atoms. The van der Waals surface area contributed by atoms with Crippen molar-refractivity contribution in [3.05, 3.63) is 69.7 Å². The lowest BCUT2D eigenvalue weighted by Gasteiger charge is -2.13. The molecule has 1 heterocycles. The van der Waals surface area contributed by atoms with Gasteiger partial charge in [-0.3, -0.25) is 4.79 Å². The lowest BCUT2D eigenvalue weighted by atomic mass is 10.0. The highest BCUT2D eigenvalue weighted by atomic mass is 32.1. The van der Waals surface area contributed by atoms with E-state index in [0.717, 1.165) is 54.8 Å². The van der Waals surface area contributed by atoms with Crippen molar-refractivity contribution in [2.45, 2.75) is 78.0 Å². The molecule has 1 unspecified atom stereocenters. The van der Waals surface area contributed by atoms with Gasteiger partial charge in [0.15, 0.2) is 11.9 Å². The van der Waals surface area contributed by atoms with E-state index < -0.39 is 23.8 Å². The number of aromatic nitrogens is 1. The summed E-state index contributed by atoms with van der Waals surface area (Å²) in [6.45, 7) is 5.33. The molecule has 0 spiro atoms. The highest BCUT2D eigenvalue weighted by Crippen LogP contribution is 2.34. The van der Waals surface area contributed by atoms with E-state index in [1.54, 1.807) is 25.1 Å². The number of nitrogens with zero attached hydrogens (tertiary/aromatic N) is 1. The summed E-state index contributed by atoms with van der Waals surface area (Å²) < 4.78 is 44.3. The van der Waals surface area contributed by atoms with E-state index >= 15 is 0 Å². The Bertz CT molecular complexity index is 1250. The zero-order chi connectivity index (χ0) is 27.9. The monoisotopic (exact) mass is 547 g/mol. The lowest BCUT2D eigenvalue weighted by molar-refractivity contribution is -0.144. The fraction of sp³-hybridized carbons (Fsp3) is 0.414. The molecule has 0 aliphatic rings. The quantitative estimate of drug-likeness (QED) is 0.174. The minimum absolute atomic E-state index is 0.0626. The molecular weight excluding hydrogens is 515 g/mol. The van der Waals surface area contributed by atoms with Gasteiger partial charge in [0.25, 0.3) is 0 Å². The van der Waals surface area contributed by atoms with Crippen molar-refractivity contribution in [2.24, 2.45) is 0 Å². The molecule has 9 heteroatoms. The Labute approximate surface area is 224 Å². The average molecular weight is 548 g/mol. The van der Waals surface area contributed by atoms with Gasteiger partial charge in [-0.15, -0.1) is 11.3 Å². The molecule has 0 aliphatic heterocycles. The van der Waals surface area contributed by atoms with Gasteiger partial charge in [-0.2, -0.15) is 13.2 Å². The molecule has 3 aromatic rings. The van der Waals surface area contributed by atoms with E-state index in [9.17, 15) is 22.8 Å².